The van der Waals surface area contributed by atoms with E-state index in [0.29, 0.717) is 18.5 Å². The summed E-state index contributed by atoms with van der Waals surface area (Å²) in [5, 5.41) is 14.9. The van der Waals surface area contributed by atoms with Crippen molar-refractivity contribution >= 4 is 16.7 Å². The Morgan fingerprint density at radius 2 is 1.93 bits per heavy atom. The number of benzene rings is 2. The topological polar surface area (TPSA) is 49.3 Å². The minimum atomic E-state index is -0.766. The quantitative estimate of drug-likeness (QED) is 0.534. The number of hydrogen-bond donors (Lipinski definition) is 2. The van der Waals surface area contributed by atoms with Crippen LogP contribution in [0.3, 0.4) is 0 Å². The number of aryl methyl sites for hydroxylation is 1. The van der Waals surface area contributed by atoms with E-state index in [-0.39, 0.29) is 6.42 Å². The van der Waals surface area contributed by atoms with Crippen LogP contribution in [0.2, 0.25) is 0 Å². The van der Waals surface area contributed by atoms with Crippen LogP contribution in [0.5, 0.6) is 0 Å². The van der Waals surface area contributed by atoms with E-state index in [1.807, 2.05) is 6.07 Å². The number of carboxylic acids is 1. The van der Waals surface area contributed by atoms with Gasteiger partial charge in [0, 0.05) is 18.5 Å². The number of hydrogen-bond acceptors (Lipinski definition) is 2. The van der Waals surface area contributed by atoms with E-state index in [1.54, 1.807) is 12.1 Å². The molecular formula is C27H31NO2. The number of carboxylic acid groups (broad SMARTS) is 1. The van der Waals surface area contributed by atoms with Crippen LogP contribution in [0.1, 0.15) is 56.7 Å². The van der Waals surface area contributed by atoms with Crippen molar-refractivity contribution in [2.45, 2.75) is 58.0 Å². The first-order valence-electron chi connectivity index (χ1n) is 10.8. The lowest BCUT2D eigenvalue weighted by molar-refractivity contribution is -0.136. The second kappa shape index (κ2) is 10.8. The predicted octanol–water partition coefficient (Wildman–Crippen LogP) is 5.98. The Bertz CT molecular complexity index is 933. The van der Waals surface area contributed by atoms with Crippen LogP contribution >= 0.6 is 0 Å². The highest BCUT2D eigenvalue weighted by molar-refractivity contribution is 5.86. The van der Waals surface area contributed by atoms with Crippen molar-refractivity contribution in [3.63, 3.8) is 0 Å². The van der Waals surface area contributed by atoms with Crippen molar-refractivity contribution in [3.8, 4) is 0 Å². The van der Waals surface area contributed by atoms with E-state index in [1.165, 1.54) is 35.6 Å². The van der Waals surface area contributed by atoms with E-state index in [0.717, 1.165) is 11.5 Å². The standard InChI is InChI=1S/C18H23N.C9H8O2/c1-13-10-11-16(12-13)19-14(2)17-9-5-7-15-6-3-4-8-18(15)17;10-9(11)7-6-8-4-2-1-3-5-8/h3-9,13-14,16,19H,10-12H2,1-2H3;2,4-5H,6-7H2,(H,10,11). The second-order valence-corrected chi connectivity index (χ2v) is 8.31. The third-order valence-corrected chi connectivity index (χ3v) is 5.82. The maximum absolute atomic E-state index is 10.2. The smallest absolute Gasteiger partial charge is 0.303 e. The van der Waals surface area contributed by atoms with Gasteiger partial charge < -0.3 is 10.4 Å². The molecule has 156 valence electrons. The molecule has 0 bridgehead atoms. The maximum Gasteiger partial charge on any atom is 0.303 e. The summed E-state index contributed by atoms with van der Waals surface area (Å²) in [7, 11) is 0. The SMILES string of the molecule is CC1CCC(NC(C)c2cccc3ccccc23)C1.O=C(O)CCc1cc#ccc1. The molecule has 1 aliphatic carbocycles. The lowest BCUT2D eigenvalue weighted by Crippen LogP contribution is -2.29. The summed E-state index contributed by atoms with van der Waals surface area (Å²) in [6.07, 6.45) is 4.78. The zero-order chi connectivity index (χ0) is 21.3. The molecule has 3 unspecified atom stereocenters. The Hall–Kier alpha value is -2.83. The lowest BCUT2D eigenvalue weighted by Gasteiger charge is -2.21. The first-order valence-corrected chi connectivity index (χ1v) is 10.8. The molecule has 1 saturated carbocycles. The molecule has 3 aromatic carbocycles. The maximum atomic E-state index is 10.2. The van der Waals surface area contributed by atoms with Crippen LogP contribution in [0, 0.1) is 18.1 Å². The summed E-state index contributed by atoms with van der Waals surface area (Å²) in [6, 6.07) is 27.3. The van der Waals surface area contributed by atoms with Crippen molar-refractivity contribution in [3.05, 3.63) is 83.9 Å². The first-order chi connectivity index (χ1) is 14.5. The molecular weight excluding hydrogens is 370 g/mol. The Kier molecular flexibility index (Phi) is 7.88. The molecule has 2 N–H and O–H groups in total. The second-order valence-electron chi connectivity index (χ2n) is 8.31. The van der Waals surface area contributed by atoms with E-state index in [4.69, 9.17) is 5.11 Å². The van der Waals surface area contributed by atoms with Gasteiger partial charge in [-0.1, -0.05) is 61.5 Å². The van der Waals surface area contributed by atoms with Gasteiger partial charge in [-0.05, 0) is 78.6 Å². The lowest BCUT2D eigenvalue weighted by atomic mass is 9.99. The molecule has 1 fully saturated rings. The Balaban J connectivity index is 0.000000199. The van der Waals surface area contributed by atoms with Crippen LogP contribution in [-0.2, 0) is 11.2 Å². The molecule has 0 saturated heterocycles. The van der Waals surface area contributed by atoms with Gasteiger partial charge in [-0.3, -0.25) is 4.79 Å². The van der Waals surface area contributed by atoms with Crippen molar-refractivity contribution in [2.75, 3.05) is 0 Å². The van der Waals surface area contributed by atoms with E-state index < -0.39 is 5.97 Å². The van der Waals surface area contributed by atoms with Gasteiger partial charge in [-0.2, -0.15) is 0 Å². The highest BCUT2D eigenvalue weighted by Gasteiger charge is 2.23. The first kappa shape index (κ1) is 21.9. The number of rotatable bonds is 6. The van der Waals surface area contributed by atoms with Gasteiger partial charge in [0.25, 0.3) is 0 Å². The molecule has 0 radical (unpaired) electrons. The third-order valence-electron chi connectivity index (χ3n) is 5.82. The Morgan fingerprint density at radius 1 is 1.13 bits per heavy atom. The summed E-state index contributed by atoms with van der Waals surface area (Å²) in [6.45, 7) is 4.66. The average molecular weight is 402 g/mol. The molecule has 4 rings (SSSR count). The molecule has 1 aliphatic rings. The monoisotopic (exact) mass is 401 g/mol. The van der Waals surface area contributed by atoms with Gasteiger partial charge in [-0.25, -0.2) is 0 Å². The summed E-state index contributed by atoms with van der Waals surface area (Å²) < 4.78 is 0. The van der Waals surface area contributed by atoms with Crippen LogP contribution in [-0.4, -0.2) is 17.1 Å². The molecule has 3 heteroatoms. The number of fused-ring (bicyclic) bond motifs is 1. The van der Waals surface area contributed by atoms with Gasteiger partial charge in [0.1, 0.15) is 0 Å². The molecule has 3 aromatic rings. The molecule has 30 heavy (non-hydrogen) atoms. The van der Waals surface area contributed by atoms with Gasteiger partial charge >= 0.3 is 5.97 Å². The molecule has 0 amide bonds. The largest absolute Gasteiger partial charge is 0.481 e. The van der Waals surface area contributed by atoms with Crippen LogP contribution < -0.4 is 5.32 Å². The van der Waals surface area contributed by atoms with Crippen molar-refractivity contribution < 1.29 is 9.90 Å². The van der Waals surface area contributed by atoms with Gasteiger partial charge in [-0.15, -0.1) is 0 Å². The van der Waals surface area contributed by atoms with Gasteiger partial charge in [0.05, 0.1) is 0 Å². The van der Waals surface area contributed by atoms with Crippen LogP contribution in [0.25, 0.3) is 10.8 Å². The summed E-state index contributed by atoms with van der Waals surface area (Å²) >= 11 is 0. The van der Waals surface area contributed by atoms with Crippen molar-refractivity contribution in [2.24, 2.45) is 5.92 Å². The summed E-state index contributed by atoms with van der Waals surface area (Å²) in [5.74, 6) is 0.120. The minimum Gasteiger partial charge on any atom is -0.481 e. The van der Waals surface area contributed by atoms with Gasteiger partial charge in [0.15, 0.2) is 0 Å². The fourth-order valence-electron chi connectivity index (χ4n) is 4.22. The highest BCUT2D eigenvalue weighted by Crippen LogP contribution is 2.29. The highest BCUT2D eigenvalue weighted by atomic mass is 16.4. The predicted molar refractivity (Wildman–Crippen MR) is 122 cm³/mol. The molecule has 0 heterocycles. The van der Waals surface area contributed by atoms with Crippen molar-refractivity contribution in [1.29, 1.82) is 0 Å². The summed E-state index contributed by atoms with van der Waals surface area (Å²) in [5.41, 5.74) is 2.42. The molecule has 0 spiro atoms. The molecule has 3 atom stereocenters. The van der Waals surface area contributed by atoms with E-state index in [2.05, 4.69) is 73.8 Å². The van der Waals surface area contributed by atoms with E-state index in [9.17, 15) is 4.79 Å². The fraction of sp³-hybridized carbons (Fsp3) is 0.370. The molecule has 0 aliphatic heterocycles. The normalized spacial score (nSPS) is 18.9. The molecule has 3 nitrogen and oxygen atoms in total. The Labute approximate surface area is 180 Å². The zero-order valence-electron chi connectivity index (χ0n) is 17.9. The number of nitrogens with one attached hydrogen (secondary N) is 1. The minimum absolute atomic E-state index is 0.178. The van der Waals surface area contributed by atoms with Crippen molar-refractivity contribution in [1.82, 2.24) is 5.32 Å². The summed E-state index contributed by atoms with van der Waals surface area (Å²) in [4.78, 5) is 10.2. The van der Waals surface area contributed by atoms with E-state index >= 15 is 0 Å². The fourth-order valence-corrected chi connectivity index (χ4v) is 4.22. The molecule has 0 aromatic heterocycles. The number of carbonyl (C=O) groups is 1. The zero-order valence-corrected chi connectivity index (χ0v) is 17.9. The Morgan fingerprint density at radius 3 is 2.63 bits per heavy atom. The third kappa shape index (κ3) is 6.34. The average Bonchev–Trinajstić information content (AvgIpc) is 3.17. The van der Waals surface area contributed by atoms with Crippen LogP contribution in [0.15, 0.2) is 60.7 Å². The van der Waals surface area contributed by atoms with Crippen LogP contribution in [0.4, 0.5) is 0 Å². The van der Waals surface area contributed by atoms with Gasteiger partial charge in [0.2, 0.25) is 0 Å². The number of aliphatic carboxylic acids is 1.